The molecule has 36 heavy (non-hydrogen) atoms. The van der Waals surface area contributed by atoms with Crippen LogP contribution in [0.15, 0.2) is 58.3 Å². The zero-order valence-corrected chi connectivity index (χ0v) is 19.5. The number of carboxylic acids is 1. The average molecular weight is 546 g/mol. The number of carbonyl (C=O) groups excluding carboxylic acids is 1. The van der Waals surface area contributed by atoms with Crippen molar-refractivity contribution in [3.8, 4) is 0 Å². The molecule has 0 aliphatic heterocycles. The van der Waals surface area contributed by atoms with Gasteiger partial charge in [-0.3, -0.25) is 9.52 Å². The summed E-state index contributed by atoms with van der Waals surface area (Å²) in [6.45, 7) is 0. The zero-order chi connectivity index (χ0) is 27.0. The van der Waals surface area contributed by atoms with Crippen LogP contribution in [0.1, 0.15) is 20.7 Å². The van der Waals surface area contributed by atoms with Crippen LogP contribution in [0.2, 0.25) is 0 Å². The lowest BCUT2D eigenvalue weighted by Gasteiger charge is -2.12. The number of anilines is 2. The predicted molar refractivity (Wildman–Crippen MR) is 118 cm³/mol. The lowest BCUT2D eigenvalue weighted by molar-refractivity contribution is 0.0684. The number of hydrogen-bond donors (Lipinski definition) is 3. The second-order valence-electron chi connectivity index (χ2n) is 7.19. The van der Waals surface area contributed by atoms with E-state index in [1.165, 1.54) is 12.1 Å². The summed E-state index contributed by atoms with van der Waals surface area (Å²) in [5.74, 6) is -13.2. The van der Waals surface area contributed by atoms with Crippen LogP contribution < -0.4 is 10.0 Å². The highest BCUT2D eigenvalue weighted by Crippen LogP contribution is 2.27. The molecule has 0 atom stereocenters. The van der Waals surface area contributed by atoms with Gasteiger partial charge in [-0.1, -0.05) is 0 Å². The Kier molecular flexibility index (Phi) is 7.08. The number of amides is 1. The summed E-state index contributed by atoms with van der Waals surface area (Å²) in [6, 6.07) is 8.83. The van der Waals surface area contributed by atoms with E-state index < -0.39 is 66.1 Å². The maximum atomic E-state index is 14.1. The molecule has 3 aromatic rings. The van der Waals surface area contributed by atoms with Gasteiger partial charge in [0.25, 0.3) is 5.91 Å². The van der Waals surface area contributed by atoms with Gasteiger partial charge in [0, 0.05) is 11.4 Å². The van der Waals surface area contributed by atoms with E-state index in [9.17, 15) is 44.0 Å². The Morgan fingerprint density at radius 1 is 0.694 bits per heavy atom. The van der Waals surface area contributed by atoms with Crippen LogP contribution in [-0.4, -0.2) is 40.1 Å². The molecule has 3 rings (SSSR count). The van der Waals surface area contributed by atoms with Gasteiger partial charge in [-0.15, -0.1) is 0 Å². The normalized spacial score (nSPS) is 11.7. The molecule has 0 heterocycles. The first-order valence-corrected chi connectivity index (χ1v) is 12.8. The third-order valence-electron chi connectivity index (χ3n) is 4.60. The highest BCUT2D eigenvalue weighted by atomic mass is 32.2. The number of benzene rings is 3. The van der Waals surface area contributed by atoms with Gasteiger partial charge >= 0.3 is 5.97 Å². The molecule has 0 saturated carbocycles. The van der Waals surface area contributed by atoms with Gasteiger partial charge in [-0.05, 0) is 48.5 Å². The van der Waals surface area contributed by atoms with Crippen molar-refractivity contribution in [2.24, 2.45) is 0 Å². The number of sulfonamides is 1. The van der Waals surface area contributed by atoms with E-state index in [0.29, 0.717) is 0 Å². The average Bonchev–Trinajstić information content (AvgIpc) is 2.79. The molecule has 0 saturated heterocycles. The summed E-state index contributed by atoms with van der Waals surface area (Å²) in [7, 11) is -7.69. The van der Waals surface area contributed by atoms with Crippen LogP contribution in [0, 0.1) is 23.3 Å². The number of rotatable bonds is 7. The van der Waals surface area contributed by atoms with Crippen LogP contribution in [0.25, 0.3) is 0 Å². The molecule has 0 bridgehead atoms. The Balaban J connectivity index is 1.88. The topological polar surface area (TPSA) is 147 Å². The maximum Gasteiger partial charge on any atom is 0.339 e. The van der Waals surface area contributed by atoms with Crippen molar-refractivity contribution in [1.82, 2.24) is 0 Å². The molecule has 0 spiro atoms. The number of sulfone groups is 1. The summed E-state index contributed by atoms with van der Waals surface area (Å²) in [6.07, 6.45) is 0.915. The quantitative estimate of drug-likeness (QED) is 0.234. The molecular weight excluding hydrogens is 532 g/mol. The van der Waals surface area contributed by atoms with Crippen molar-refractivity contribution in [3.05, 3.63) is 82.9 Å². The molecule has 0 unspecified atom stereocenters. The molecule has 3 aromatic carbocycles. The molecule has 0 aliphatic rings. The van der Waals surface area contributed by atoms with Crippen molar-refractivity contribution in [1.29, 1.82) is 0 Å². The number of aromatic carboxylic acids is 1. The van der Waals surface area contributed by atoms with Crippen molar-refractivity contribution in [3.63, 3.8) is 0 Å². The Morgan fingerprint density at radius 2 is 1.11 bits per heavy atom. The monoisotopic (exact) mass is 546 g/mol. The van der Waals surface area contributed by atoms with Crippen LogP contribution in [-0.2, 0) is 19.9 Å². The number of carbonyl (C=O) groups is 2. The lowest BCUT2D eigenvalue weighted by atomic mass is 10.0. The van der Waals surface area contributed by atoms with E-state index in [4.69, 9.17) is 5.11 Å². The molecule has 190 valence electrons. The van der Waals surface area contributed by atoms with Gasteiger partial charge in [0.1, 0.15) is 5.56 Å². The predicted octanol–water partition coefficient (Wildman–Crippen LogP) is 3.40. The fourth-order valence-corrected chi connectivity index (χ4v) is 4.83. The Morgan fingerprint density at radius 3 is 1.53 bits per heavy atom. The minimum atomic E-state index is -4.11. The summed E-state index contributed by atoms with van der Waals surface area (Å²) < 4.78 is 105. The Hall–Kier alpha value is -3.98. The zero-order valence-electron chi connectivity index (χ0n) is 17.8. The first-order valence-electron chi connectivity index (χ1n) is 9.47. The van der Waals surface area contributed by atoms with Crippen molar-refractivity contribution >= 4 is 43.1 Å². The molecule has 0 aliphatic carbocycles. The van der Waals surface area contributed by atoms with E-state index in [2.05, 4.69) is 4.72 Å². The third kappa shape index (κ3) is 5.31. The van der Waals surface area contributed by atoms with Gasteiger partial charge < -0.3 is 10.4 Å². The van der Waals surface area contributed by atoms with E-state index in [1.54, 1.807) is 0 Å². The minimum absolute atomic E-state index is 0.121. The standard InChI is InChI=1S/C21H14F4N2O7S2/c1-35(31,32)27-11-4-8-13(9-5-11)36(33,34)12-6-2-10(3-7-12)26-20(28)14-15(21(29)30)17(23)19(25)18(24)16(14)22/h2-9,27H,1H3,(H,26,28)(H,29,30). The highest BCUT2D eigenvalue weighted by Gasteiger charge is 2.32. The molecule has 0 fully saturated rings. The Bertz CT molecular complexity index is 1590. The summed E-state index contributed by atoms with van der Waals surface area (Å²) in [5, 5.41) is 11.0. The molecule has 1 amide bonds. The molecule has 15 heteroatoms. The lowest BCUT2D eigenvalue weighted by Crippen LogP contribution is -2.22. The fourth-order valence-electron chi connectivity index (χ4n) is 3.01. The van der Waals surface area contributed by atoms with E-state index >= 15 is 0 Å². The summed E-state index contributed by atoms with van der Waals surface area (Å²) in [4.78, 5) is 23.1. The SMILES string of the molecule is CS(=O)(=O)Nc1ccc(S(=O)(=O)c2ccc(NC(=O)c3c(F)c(F)c(F)c(F)c3C(=O)O)cc2)cc1. The van der Waals surface area contributed by atoms with E-state index in [0.717, 1.165) is 42.7 Å². The second kappa shape index (κ2) is 9.58. The fraction of sp³-hybridized carbons (Fsp3) is 0.0476. The molecule has 9 nitrogen and oxygen atoms in total. The first-order chi connectivity index (χ1) is 16.6. The van der Waals surface area contributed by atoms with Gasteiger partial charge in [0.2, 0.25) is 19.9 Å². The summed E-state index contributed by atoms with van der Waals surface area (Å²) >= 11 is 0. The minimum Gasteiger partial charge on any atom is -0.478 e. The van der Waals surface area contributed by atoms with Crippen LogP contribution >= 0.6 is 0 Å². The Labute approximate surface area is 201 Å². The van der Waals surface area contributed by atoms with Gasteiger partial charge in [-0.25, -0.2) is 39.2 Å². The van der Waals surface area contributed by atoms with E-state index in [1.807, 2.05) is 5.32 Å². The second-order valence-corrected chi connectivity index (χ2v) is 10.9. The van der Waals surface area contributed by atoms with Gasteiger partial charge in [0.05, 0.1) is 21.6 Å². The molecule has 3 N–H and O–H groups in total. The summed E-state index contributed by atoms with van der Waals surface area (Å²) in [5.41, 5.74) is -3.42. The van der Waals surface area contributed by atoms with Gasteiger partial charge in [0.15, 0.2) is 23.3 Å². The third-order valence-corrected chi connectivity index (χ3v) is 6.99. The highest BCUT2D eigenvalue weighted by molar-refractivity contribution is 7.92. The first kappa shape index (κ1) is 26.6. The molecular formula is C21H14F4N2O7S2. The number of hydrogen-bond acceptors (Lipinski definition) is 6. The van der Waals surface area contributed by atoms with Gasteiger partial charge in [-0.2, -0.15) is 0 Å². The van der Waals surface area contributed by atoms with Crippen LogP contribution in [0.4, 0.5) is 28.9 Å². The molecule has 0 aromatic heterocycles. The number of nitrogens with one attached hydrogen (secondary N) is 2. The largest absolute Gasteiger partial charge is 0.478 e. The smallest absolute Gasteiger partial charge is 0.339 e. The van der Waals surface area contributed by atoms with Crippen molar-refractivity contribution in [2.75, 3.05) is 16.3 Å². The molecule has 0 radical (unpaired) electrons. The van der Waals surface area contributed by atoms with E-state index in [-0.39, 0.29) is 21.2 Å². The number of carboxylic acid groups (broad SMARTS) is 1. The maximum absolute atomic E-state index is 14.1. The van der Waals surface area contributed by atoms with Crippen molar-refractivity contribution < 1.29 is 49.1 Å². The van der Waals surface area contributed by atoms with Crippen molar-refractivity contribution in [2.45, 2.75) is 9.79 Å². The number of halogens is 4. The van der Waals surface area contributed by atoms with Crippen LogP contribution in [0.3, 0.4) is 0 Å². The van der Waals surface area contributed by atoms with Crippen LogP contribution in [0.5, 0.6) is 0 Å².